The number of esters is 1. The molecule has 122 valence electrons. The number of carbonyl (C=O) groups is 2. The zero-order chi connectivity index (χ0) is 16.9. The van der Waals surface area contributed by atoms with Crippen LogP contribution in [0, 0.1) is 0 Å². The van der Waals surface area contributed by atoms with Gasteiger partial charge in [0.1, 0.15) is 0 Å². The van der Waals surface area contributed by atoms with Gasteiger partial charge in [-0.2, -0.15) is 0 Å². The van der Waals surface area contributed by atoms with Crippen molar-refractivity contribution < 1.29 is 14.3 Å². The Bertz CT molecular complexity index is 908. The largest absolute Gasteiger partial charge is 0.469 e. The highest BCUT2D eigenvalue weighted by Gasteiger charge is 2.11. The first-order chi connectivity index (χ1) is 11.7. The number of amides is 1. The first-order valence-corrected chi connectivity index (χ1v) is 7.68. The predicted molar refractivity (Wildman–Crippen MR) is 91.5 cm³/mol. The van der Waals surface area contributed by atoms with Crippen molar-refractivity contribution in [1.29, 1.82) is 0 Å². The summed E-state index contributed by atoms with van der Waals surface area (Å²) in [7, 11) is 1.34. The quantitative estimate of drug-likeness (QED) is 0.576. The molecular weight excluding hydrogens is 306 g/mol. The van der Waals surface area contributed by atoms with E-state index in [1.165, 1.54) is 7.11 Å². The molecule has 0 spiro atoms. The number of pyridine rings is 2. The highest BCUT2D eigenvalue weighted by molar-refractivity contribution is 6.11. The van der Waals surface area contributed by atoms with Crippen molar-refractivity contribution in [2.24, 2.45) is 0 Å². The molecule has 1 aromatic carbocycles. The highest BCUT2D eigenvalue weighted by atomic mass is 16.5. The van der Waals surface area contributed by atoms with Gasteiger partial charge in [-0.15, -0.1) is 0 Å². The number of anilines is 1. The zero-order valence-corrected chi connectivity index (χ0v) is 13.3. The monoisotopic (exact) mass is 323 g/mol. The summed E-state index contributed by atoms with van der Waals surface area (Å²) in [6.07, 6.45) is 4.36. The highest BCUT2D eigenvalue weighted by Crippen LogP contribution is 2.29. The standard InChI is InChI=1S/C18H17N3O3/c1-24-16(23)8-2-7-15(22)21-14-11-12-5-3-9-19-17(12)18-13(14)6-4-10-20-18/h3-6,9-11H,2,7-8H2,1H3,(H,21,22). The van der Waals surface area contributed by atoms with Crippen molar-refractivity contribution in [3.05, 3.63) is 42.7 Å². The lowest BCUT2D eigenvalue weighted by molar-refractivity contribution is -0.140. The molecule has 3 aromatic rings. The van der Waals surface area contributed by atoms with Crippen LogP contribution in [0.2, 0.25) is 0 Å². The molecule has 0 aliphatic rings. The third-order valence-electron chi connectivity index (χ3n) is 3.75. The number of rotatable bonds is 5. The second-order valence-electron chi connectivity index (χ2n) is 5.38. The molecule has 0 radical (unpaired) electrons. The number of carbonyl (C=O) groups excluding carboxylic acids is 2. The SMILES string of the molecule is COC(=O)CCCC(=O)Nc1cc2cccnc2c2ncccc12. The summed E-state index contributed by atoms with van der Waals surface area (Å²) in [5.41, 5.74) is 2.25. The van der Waals surface area contributed by atoms with Crippen molar-refractivity contribution in [3.63, 3.8) is 0 Å². The molecular formula is C18H17N3O3. The minimum absolute atomic E-state index is 0.146. The number of nitrogens with zero attached hydrogens (tertiary/aromatic N) is 2. The van der Waals surface area contributed by atoms with Crippen LogP contribution >= 0.6 is 0 Å². The van der Waals surface area contributed by atoms with Crippen molar-refractivity contribution in [3.8, 4) is 0 Å². The van der Waals surface area contributed by atoms with E-state index in [1.807, 2.05) is 30.3 Å². The Morgan fingerprint density at radius 1 is 1.08 bits per heavy atom. The van der Waals surface area contributed by atoms with Gasteiger partial charge in [0.25, 0.3) is 0 Å². The summed E-state index contributed by atoms with van der Waals surface area (Å²) in [6.45, 7) is 0. The van der Waals surface area contributed by atoms with Gasteiger partial charge in [-0.1, -0.05) is 6.07 Å². The Hall–Kier alpha value is -3.02. The number of nitrogens with one attached hydrogen (secondary N) is 1. The van der Waals surface area contributed by atoms with Gasteiger partial charge in [0.15, 0.2) is 0 Å². The summed E-state index contributed by atoms with van der Waals surface area (Å²) in [5.74, 6) is -0.457. The third kappa shape index (κ3) is 3.32. The molecule has 6 nitrogen and oxygen atoms in total. The fraction of sp³-hybridized carbons (Fsp3) is 0.222. The van der Waals surface area contributed by atoms with Gasteiger partial charge in [-0.3, -0.25) is 19.6 Å². The number of ether oxygens (including phenoxy) is 1. The molecule has 0 aliphatic heterocycles. The average molecular weight is 323 g/mol. The maximum atomic E-state index is 12.2. The Morgan fingerprint density at radius 3 is 2.62 bits per heavy atom. The van der Waals surface area contributed by atoms with Crippen LogP contribution in [0.4, 0.5) is 5.69 Å². The summed E-state index contributed by atoms with van der Waals surface area (Å²) >= 11 is 0. The van der Waals surface area contributed by atoms with Crippen LogP contribution < -0.4 is 5.32 Å². The van der Waals surface area contributed by atoms with Crippen LogP contribution in [-0.4, -0.2) is 29.0 Å². The molecule has 3 rings (SSSR count). The maximum absolute atomic E-state index is 12.2. The van der Waals surface area contributed by atoms with Gasteiger partial charge in [-0.05, 0) is 30.7 Å². The van der Waals surface area contributed by atoms with Crippen LogP contribution in [0.25, 0.3) is 21.8 Å². The molecule has 24 heavy (non-hydrogen) atoms. The minimum atomic E-state index is -0.311. The van der Waals surface area contributed by atoms with Crippen LogP contribution in [0.15, 0.2) is 42.7 Å². The molecule has 0 atom stereocenters. The molecule has 1 N–H and O–H groups in total. The molecule has 2 aromatic heterocycles. The summed E-state index contributed by atoms with van der Waals surface area (Å²) in [4.78, 5) is 32.0. The van der Waals surface area contributed by atoms with Crippen LogP contribution in [-0.2, 0) is 14.3 Å². The second kappa shape index (κ2) is 7.04. The van der Waals surface area contributed by atoms with Crippen LogP contribution in [0.3, 0.4) is 0 Å². The molecule has 0 aliphatic carbocycles. The van der Waals surface area contributed by atoms with Crippen molar-refractivity contribution in [2.75, 3.05) is 12.4 Å². The lowest BCUT2D eigenvalue weighted by Crippen LogP contribution is -2.12. The molecule has 1 amide bonds. The molecule has 2 heterocycles. The minimum Gasteiger partial charge on any atom is -0.469 e. The van der Waals surface area contributed by atoms with Crippen molar-refractivity contribution >= 4 is 39.4 Å². The number of methoxy groups -OCH3 is 1. The number of benzene rings is 1. The summed E-state index contributed by atoms with van der Waals surface area (Å²) in [6, 6.07) is 9.40. The Kier molecular flexibility index (Phi) is 4.65. The van der Waals surface area contributed by atoms with Gasteiger partial charge < -0.3 is 10.1 Å². The van der Waals surface area contributed by atoms with Crippen molar-refractivity contribution in [1.82, 2.24) is 9.97 Å². The molecule has 0 saturated carbocycles. The van der Waals surface area contributed by atoms with Gasteiger partial charge in [-0.25, -0.2) is 0 Å². The van der Waals surface area contributed by atoms with E-state index in [-0.39, 0.29) is 24.7 Å². The topological polar surface area (TPSA) is 81.2 Å². The van der Waals surface area contributed by atoms with E-state index < -0.39 is 0 Å². The molecule has 0 bridgehead atoms. The molecule has 6 heteroatoms. The van der Waals surface area contributed by atoms with E-state index in [9.17, 15) is 9.59 Å². The van der Waals surface area contributed by atoms with E-state index in [4.69, 9.17) is 0 Å². The number of hydrogen-bond acceptors (Lipinski definition) is 5. The van der Waals surface area contributed by atoms with Gasteiger partial charge in [0.2, 0.25) is 5.91 Å². The first kappa shape index (κ1) is 15.9. The van der Waals surface area contributed by atoms with Gasteiger partial charge in [0.05, 0.1) is 23.8 Å². The van der Waals surface area contributed by atoms with Gasteiger partial charge >= 0.3 is 5.97 Å². The fourth-order valence-electron chi connectivity index (χ4n) is 2.59. The zero-order valence-electron chi connectivity index (χ0n) is 13.3. The summed E-state index contributed by atoms with van der Waals surface area (Å²) in [5, 5.41) is 4.66. The Morgan fingerprint density at radius 2 is 1.83 bits per heavy atom. The fourth-order valence-corrected chi connectivity index (χ4v) is 2.59. The van der Waals surface area contributed by atoms with Crippen LogP contribution in [0.1, 0.15) is 19.3 Å². The molecule has 0 fully saturated rings. The third-order valence-corrected chi connectivity index (χ3v) is 3.75. The van der Waals surface area contributed by atoms with E-state index in [1.54, 1.807) is 12.4 Å². The molecule has 0 unspecified atom stereocenters. The lowest BCUT2D eigenvalue weighted by Gasteiger charge is -2.10. The van der Waals surface area contributed by atoms with Crippen molar-refractivity contribution in [2.45, 2.75) is 19.3 Å². The molecule has 0 saturated heterocycles. The summed E-state index contributed by atoms with van der Waals surface area (Å²) < 4.78 is 4.57. The first-order valence-electron chi connectivity index (χ1n) is 7.68. The lowest BCUT2D eigenvalue weighted by atomic mass is 10.1. The maximum Gasteiger partial charge on any atom is 0.305 e. The van der Waals surface area contributed by atoms with E-state index in [0.29, 0.717) is 12.1 Å². The average Bonchev–Trinajstić information content (AvgIpc) is 2.61. The van der Waals surface area contributed by atoms with E-state index >= 15 is 0 Å². The van der Waals surface area contributed by atoms with E-state index in [2.05, 4.69) is 20.0 Å². The Balaban J connectivity index is 1.85. The number of aromatic nitrogens is 2. The Labute approximate surface area is 138 Å². The van der Waals surface area contributed by atoms with Gasteiger partial charge in [0, 0.05) is 36.0 Å². The number of fused-ring (bicyclic) bond motifs is 3. The predicted octanol–water partition coefficient (Wildman–Crippen LogP) is 3.06. The van der Waals surface area contributed by atoms with Crippen LogP contribution in [0.5, 0.6) is 0 Å². The van der Waals surface area contributed by atoms with E-state index in [0.717, 1.165) is 21.8 Å². The smallest absolute Gasteiger partial charge is 0.305 e. The second-order valence-corrected chi connectivity index (χ2v) is 5.38. The normalized spacial score (nSPS) is 10.7. The number of hydrogen-bond donors (Lipinski definition) is 1.